The van der Waals surface area contributed by atoms with Crippen molar-refractivity contribution in [2.75, 3.05) is 96.8 Å². The standard InChI is InChI=1S/4C24H31FN6O4S/c4*1-3-8-36-24-27-22(26-16-10-14(16)13-5-4-12(2)15(25)9-13)19-23(28-24)31(30-29-19)17-11-18(35-7-6-32)21(34)20(17)33/h4*4-5,9,14,16-18,20-21,32-34H,3,6-8,10-11H2,1-2H3,(H,26,27,28)/t4*14-,16+,17+,18-,20-,21+/m0000/s1/i4D,5D,6D2,7D2,8D2,9D,14D,16D;4D,5D,7D2,8D2,9D,14D,16D;4D,5D,6D2,8D2,9D,14D,16D;4D,5D,8D2,9D,14D,16D. The monoisotopic (exact) mass is 2110 g/mol. The highest BCUT2D eigenvalue weighted by Gasteiger charge is 2.51. The zero-order chi connectivity index (χ0) is 134. The molecule has 4 aromatic carbocycles. The minimum absolute atomic E-state index is 0.00263. The summed E-state index contributed by atoms with van der Waals surface area (Å²) in [5.41, 5.74) is -10.5. The maximum Gasteiger partial charge on any atom is 0.191 e. The number of hydrogen-bond acceptors (Lipinski definition) is 40. The fourth-order valence-corrected chi connectivity index (χ4v) is 18.3. The van der Waals surface area contributed by atoms with Crippen molar-refractivity contribution in [3.05, 3.63) is 140 Å². The lowest BCUT2D eigenvalue weighted by Crippen LogP contribution is -2.33. The second-order valence-corrected chi connectivity index (χ2v) is 37.0. The van der Waals surface area contributed by atoms with Gasteiger partial charge in [0.05, 0.1) is 134 Å². The van der Waals surface area contributed by atoms with Crippen LogP contribution in [0.25, 0.3) is 44.7 Å². The third-order valence-corrected chi connectivity index (χ3v) is 27.0. The Morgan fingerprint density at radius 3 is 0.847 bits per heavy atom. The van der Waals surface area contributed by atoms with Crippen LogP contribution in [0.4, 0.5) is 40.8 Å². The molecule has 8 aliphatic carbocycles. The van der Waals surface area contributed by atoms with Gasteiger partial charge in [0.15, 0.2) is 88.6 Å². The Kier molecular flexibility index (Phi) is 22.6. The molecule has 0 saturated heterocycles. The summed E-state index contributed by atoms with van der Waals surface area (Å²) in [6, 6.07) is -19.4. The van der Waals surface area contributed by atoms with E-state index < -0.39 is 325 Å². The largest absolute Gasteiger partial charge is 0.394 e. The number of aliphatic hydroxyl groups excluding tert-OH is 10. The van der Waals surface area contributed by atoms with Crippen LogP contribution in [0.1, 0.15) is 246 Å². The summed E-state index contributed by atoms with van der Waals surface area (Å²) in [4.78, 5) is 34.8. The summed E-state index contributed by atoms with van der Waals surface area (Å²) in [5, 5.41) is 166. The molecule has 24 atom stereocenters. The second kappa shape index (κ2) is 47.3. The molecule has 0 radical (unpaired) electrons. The van der Waals surface area contributed by atoms with Crippen molar-refractivity contribution in [1.29, 1.82) is 0 Å². The Hall–Kier alpha value is -9.52. The van der Waals surface area contributed by atoms with Gasteiger partial charge in [-0.2, -0.15) is 0 Å². The van der Waals surface area contributed by atoms with Crippen molar-refractivity contribution >= 4 is 115 Å². The quantitative estimate of drug-likeness (QED) is 0.00969. The normalized spacial score (nSPS) is 36.1. The van der Waals surface area contributed by atoms with Gasteiger partial charge in [0, 0.05) is 113 Å². The Morgan fingerprint density at radius 2 is 0.604 bits per heavy atom. The summed E-state index contributed by atoms with van der Waals surface area (Å²) in [5.74, 6) is -13.1. The number of aliphatic hydroxyl groups is 12. The third-order valence-electron chi connectivity index (χ3n) is 23.8. The van der Waals surface area contributed by atoms with Gasteiger partial charge >= 0.3 is 0 Å². The maximum atomic E-state index is 14.8. The van der Waals surface area contributed by atoms with Crippen molar-refractivity contribution in [3.63, 3.8) is 0 Å². The third kappa shape index (κ3) is 23.8. The first-order valence-electron chi connectivity index (χ1n) is 63.3. The maximum absolute atomic E-state index is 14.8. The molecule has 8 heterocycles. The first kappa shape index (κ1) is 68.9. The molecule has 776 valence electrons. The van der Waals surface area contributed by atoms with Crippen molar-refractivity contribution in [2.45, 2.75) is 298 Å². The van der Waals surface area contributed by atoms with Crippen LogP contribution in [0.15, 0.2) is 93.1 Å². The summed E-state index contributed by atoms with van der Waals surface area (Å²) in [7, 11) is 0. The lowest BCUT2D eigenvalue weighted by atomic mass is 10.1. The van der Waals surface area contributed by atoms with Crippen LogP contribution in [0.5, 0.6) is 0 Å². The first-order chi connectivity index (χ1) is 83.1. The number of hydrogen-bond donors (Lipinski definition) is 16. The van der Waals surface area contributed by atoms with Crippen LogP contribution in [-0.4, -0.2) is 334 Å². The minimum atomic E-state index is -3.45. The van der Waals surface area contributed by atoms with Gasteiger partial charge in [0.1, 0.15) is 72.1 Å². The van der Waals surface area contributed by atoms with Crippen LogP contribution in [0.3, 0.4) is 0 Å². The lowest BCUT2D eigenvalue weighted by molar-refractivity contribution is -0.0629. The lowest BCUT2D eigenvalue weighted by Gasteiger charge is -2.17. The molecule has 0 amide bonds. The Balaban J connectivity index is 0.000000158. The molecule has 8 fully saturated rings. The number of anilines is 4. The van der Waals surface area contributed by atoms with Gasteiger partial charge < -0.3 is 101 Å². The number of benzene rings is 4. The van der Waals surface area contributed by atoms with Gasteiger partial charge in [-0.3, -0.25) is 0 Å². The Labute approximate surface area is 894 Å². The number of nitrogens with one attached hydrogen (secondary N) is 4. The van der Waals surface area contributed by atoms with Gasteiger partial charge in [-0.05, 0) is 148 Å². The van der Waals surface area contributed by atoms with E-state index in [1.165, 1.54) is 32.4 Å². The summed E-state index contributed by atoms with van der Waals surface area (Å²) >= 11 is 2.58. The van der Waals surface area contributed by atoms with Gasteiger partial charge in [-0.1, -0.05) is 144 Å². The van der Waals surface area contributed by atoms with E-state index in [0.717, 1.165) is 14.0 Å². The zero-order valence-corrected chi connectivity index (χ0v) is 80.9. The predicted octanol–water partition coefficient (Wildman–Crippen LogP) is 8.73. The van der Waals surface area contributed by atoms with E-state index in [-0.39, 0.29) is 201 Å². The number of thioether (sulfide) groups is 4. The van der Waals surface area contributed by atoms with E-state index in [0.29, 0.717) is 47.0 Å². The van der Waals surface area contributed by atoms with Crippen molar-refractivity contribution in [3.8, 4) is 0 Å². The molecule has 144 heavy (non-hydrogen) atoms. The second-order valence-electron chi connectivity index (χ2n) is 33.5. The Bertz CT molecular complexity index is 8400. The molecular formula is C96H124F4N24O16S4. The fraction of sp³-hybridized carbons (Fsp3) is 0.583. The molecule has 0 spiro atoms. The Morgan fingerprint density at radius 1 is 0.347 bits per heavy atom. The highest BCUT2D eigenvalue weighted by atomic mass is 32.2. The van der Waals surface area contributed by atoms with Crippen molar-refractivity contribution in [2.24, 2.45) is 0 Å². The van der Waals surface area contributed by atoms with Crippen LogP contribution in [-0.2, 0) is 18.9 Å². The van der Waals surface area contributed by atoms with Gasteiger partial charge in [0.25, 0.3) is 0 Å². The van der Waals surface area contributed by atoms with E-state index in [2.05, 4.69) is 102 Å². The number of nitrogens with zero attached hydrogens (tertiary/aromatic N) is 20. The molecular weight excluding hydrogens is 1950 g/mol. The van der Waals surface area contributed by atoms with E-state index in [9.17, 15) is 73.7 Å². The smallest absolute Gasteiger partial charge is 0.191 e. The molecule has 0 unspecified atom stereocenters. The molecule has 0 bridgehead atoms. The average Bonchev–Trinajstić information content (AvgIpc) is 1.53. The highest BCUT2D eigenvalue weighted by Crippen LogP contribution is 2.50. The zero-order valence-electron chi connectivity index (χ0n) is 114. The first-order valence-corrected chi connectivity index (χ1v) is 48.5. The molecule has 8 saturated carbocycles. The van der Waals surface area contributed by atoms with Crippen molar-refractivity contribution < 1.29 is 147 Å². The highest BCUT2D eigenvalue weighted by molar-refractivity contribution is 7.99. The summed E-state index contributed by atoms with van der Waals surface area (Å²) in [6.07, 6.45) is -18.6. The van der Waals surface area contributed by atoms with Crippen LogP contribution in [0.2, 0.25) is 0 Å². The SMILES string of the molecule is [2H]c1c([2H])c([C@]2([2H])C[C@@]2([2H])Nc2nc(SC([2H])([2H])CC)nc3c2nnn3[C@@H]2C[C@H](OC([2H])([2H])C([2H])([2H])O)[C@@H](O)[C@H]2O)c([2H])c(F)c1C.[2H]c1c([2H])c([C@]2([2H])C[C@@]2([2H])Nc2nc(SC([2H])([2H])CC)nc3c2nnn3[C@@H]2C[C@H](OC([2H])([2H])CO)[C@@H](O)[C@H]2O)c([2H])c(F)c1C.[2H]c1c([2H])c([C@]2([2H])C[C@@]2([2H])Nc2nc(SC([2H])([2H])CC)nc3c2nnn3[C@@H]2C[C@H](OCC([2H])([2H])O)[C@@H](O)[C@H]2O)c([2H])c(F)c1C.[2H]c1c([2H])c([C@]2([2H])C[C@@]2([2H])Nc2nc(SC([2H])([2H])CC)nc3c2nnn3[C@@H]2C[C@H](OCCO)[C@@H](O)[C@H]2O)c([2H])c(F)c1C. The van der Waals surface area contributed by atoms with E-state index >= 15 is 0 Å². The average molecular weight is 2110 g/mol. The van der Waals surface area contributed by atoms with Crippen LogP contribution in [0, 0.1) is 51.0 Å². The van der Waals surface area contributed by atoms with E-state index in [1.54, 1.807) is 27.7 Å². The van der Waals surface area contributed by atoms with Gasteiger partial charge in [-0.15, -0.1) is 20.4 Å². The molecule has 8 aromatic heterocycles. The molecule has 20 rings (SSSR count). The van der Waals surface area contributed by atoms with Gasteiger partial charge in [0.2, 0.25) is 0 Å². The molecule has 12 aromatic rings. The van der Waals surface area contributed by atoms with Crippen molar-refractivity contribution in [1.82, 2.24) is 99.8 Å². The molecule has 8 aliphatic rings. The van der Waals surface area contributed by atoms with E-state index in [1.807, 2.05) is 0 Å². The molecule has 48 heteroatoms. The molecule has 16 N–H and O–H groups in total. The predicted molar refractivity (Wildman–Crippen MR) is 530 cm³/mol. The number of rotatable bonds is 40. The molecule has 0 aliphatic heterocycles. The minimum Gasteiger partial charge on any atom is -0.394 e. The van der Waals surface area contributed by atoms with E-state index in [4.69, 9.17) is 73.4 Å². The van der Waals surface area contributed by atoms with Crippen LogP contribution < -0.4 is 21.3 Å². The fourth-order valence-electron chi connectivity index (χ4n) is 16.1. The van der Waals surface area contributed by atoms with Crippen LogP contribution >= 0.6 is 47.0 Å². The summed E-state index contributed by atoms with van der Waals surface area (Å²) in [6.45, 7) is -2.61. The summed E-state index contributed by atoms with van der Waals surface area (Å²) < 4.78 is 380. The molecule has 40 nitrogen and oxygen atoms in total. The number of aromatic nitrogens is 20. The van der Waals surface area contributed by atoms with Gasteiger partial charge in [-0.25, -0.2) is 76.2 Å². The number of fused-ring (bicyclic) bond motifs is 4. The number of halogens is 4. The number of ether oxygens (including phenoxy) is 4. The topological polar surface area (TPSA) is 554 Å².